The van der Waals surface area contributed by atoms with Crippen molar-refractivity contribution in [1.82, 2.24) is 19.7 Å². The zero-order valence-electron chi connectivity index (χ0n) is 18.2. The van der Waals surface area contributed by atoms with Crippen molar-refractivity contribution in [3.8, 4) is 17.3 Å². The van der Waals surface area contributed by atoms with Crippen molar-refractivity contribution in [1.29, 1.82) is 0 Å². The summed E-state index contributed by atoms with van der Waals surface area (Å²) in [6.45, 7) is 7.18. The Kier molecular flexibility index (Phi) is 5.26. The predicted octanol–water partition coefficient (Wildman–Crippen LogP) is 2.97. The first-order chi connectivity index (χ1) is 15.6. The number of carbonyl (C=O) groups is 1. The number of nitrogens with zero attached hydrogens (tertiary/aromatic N) is 5. The predicted molar refractivity (Wildman–Crippen MR) is 121 cm³/mol. The Morgan fingerprint density at radius 2 is 1.84 bits per heavy atom. The van der Waals surface area contributed by atoms with E-state index in [-0.39, 0.29) is 12.7 Å². The summed E-state index contributed by atoms with van der Waals surface area (Å²) < 4.78 is 12.6. The molecule has 4 heterocycles. The van der Waals surface area contributed by atoms with E-state index < -0.39 is 0 Å². The molecule has 1 fully saturated rings. The van der Waals surface area contributed by atoms with Gasteiger partial charge in [-0.25, -0.2) is 9.67 Å². The molecule has 3 aromatic rings. The quantitative estimate of drug-likeness (QED) is 0.592. The van der Waals surface area contributed by atoms with Gasteiger partial charge in [-0.3, -0.25) is 4.79 Å². The van der Waals surface area contributed by atoms with Crippen LogP contribution in [0.3, 0.4) is 0 Å². The van der Waals surface area contributed by atoms with Crippen molar-refractivity contribution in [3.05, 3.63) is 65.6 Å². The van der Waals surface area contributed by atoms with Crippen LogP contribution >= 0.6 is 0 Å². The molecule has 0 spiro atoms. The first kappa shape index (κ1) is 20.1. The molecular weight excluding hydrogens is 406 g/mol. The second-order valence-corrected chi connectivity index (χ2v) is 7.88. The van der Waals surface area contributed by atoms with Gasteiger partial charge in [-0.2, -0.15) is 5.10 Å². The summed E-state index contributed by atoms with van der Waals surface area (Å²) in [4.78, 5) is 21.3. The van der Waals surface area contributed by atoms with Gasteiger partial charge in [-0.15, -0.1) is 0 Å². The molecule has 0 aliphatic carbocycles. The SMILES string of the molecule is Cc1nn(-c2ccccn2)c(C)c1N1CCN(C(=O)/C=C/c2ccc3c(c2)OCO3)CC1. The maximum Gasteiger partial charge on any atom is 0.246 e. The Hall–Kier alpha value is -3.81. The normalized spacial score (nSPS) is 15.6. The van der Waals surface area contributed by atoms with E-state index in [1.165, 1.54) is 0 Å². The number of hydrogen-bond donors (Lipinski definition) is 0. The van der Waals surface area contributed by atoms with Gasteiger partial charge >= 0.3 is 0 Å². The fourth-order valence-corrected chi connectivity index (χ4v) is 4.23. The Labute approximate surface area is 186 Å². The molecule has 8 heteroatoms. The van der Waals surface area contributed by atoms with E-state index in [0.29, 0.717) is 18.8 Å². The van der Waals surface area contributed by atoms with Gasteiger partial charge in [0.15, 0.2) is 17.3 Å². The second-order valence-electron chi connectivity index (χ2n) is 7.88. The Morgan fingerprint density at radius 1 is 1.03 bits per heavy atom. The van der Waals surface area contributed by atoms with Gasteiger partial charge < -0.3 is 19.3 Å². The van der Waals surface area contributed by atoms with Gasteiger partial charge in [0.2, 0.25) is 12.7 Å². The molecule has 0 radical (unpaired) electrons. The first-order valence-electron chi connectivity index (χ1n) is 10.7. The molecule has 2 aliphatic heterocycles. The fourth-order valence-electron chi connectivity index (χ4n) is 4.23. The average molecular weight is 431 g/mol. The number of aromatic nitrogens is 3. The summed E-state index contributed by atoms with van der Waals surface area (Å²) in [5.41, 5.74) is 4.06. The molecule has 32 heavy (non-hydrogen) atoms. The van der Waals surface area contributed by atoms with Crippen LogP contribution in [0.4, 0.5) is 5.69 Å². The number of aryl methyl sites for hydroxylation is 1. The third-order valence-electron chi connectivity index (χ3n) is 5.84. The van der Waals surface area contributed by atoms with E-state index in [2.05, 4.69) is 16.8 Å². The van der Waals surface area contributed by atoms with E-state index >= 15 is 0 Å². The lowest BCUT2D eigenvalue weighted by molar-refractivity contribution is -0.126. The number of rotatable bonds is 4. The summed E-state index contributed by atoms with van der Waals surface area (Å²) in [5, 5.41) is 4.70. The summed E-state index contributed by atoms with van der Waals surface area (Å²) in [7, 11) is 0. The fraction of sp³-hybridized carbons (Fsp3) is 0.292. The number of carbonyl (C=O) groups excluding carboxylic acids is 1. The number of anilines is 1. The van der Waals surface area contributed by atoms with E-state index in [1.807, 2.05) is 59.0 Å². The molecule has 0 saturated carbocycles. The van der Waals surface area contributed by atoms with Crippen LogP contribution in [-0.2, 0) is 4.79 Å². The minimum absolute atomic E-state index is 0.0138. The van der Waals surface area contributed by atoms with Crippen molar-refractivity contribution in [2.24, 2.45) is 0 Å². The van der Waals surface area contributed by atoms with Crippen LogP contribution in [0, 0.1) is 13.8 Å². The minimum atomic E-state index is 0.0138. The highest BCUT2D eigenvalue weighted by Crippen LogP contribution is 2.33. The summed E-state index contributed by atoms with van der Waals surface area (Å²) in [5.74, 6) is 2.27. The van der Waals surface area contributed by atoms with Gasteiger partial charge in [-0.1, -0.05) is 12.1 Å². The van der Waals surface area contributed by atoms with Crippen LogP contribution in [-0.4, -0.2) is 58.5 Å². The lowest BCUT2D eigenvalue weighted by Crippen LogP contribution is -2.48. The van der Waals surface area contributed by atoms with Crippen molar-refractivity contribution >= 4 is 17.7 Å². The van der Waals surface area contributed by atoms with Crippen LogP contribution in [0.1, 0.15) is 17.0 Å². The highest BCUT2D eigenvalue weighted by atomic mass is 16.7. The smallest absolute Gasteiger partial charge is 0.246 e. The molecule has 0 atom stereocenters. The number of fused-ring (bicyclic) bond motifs is 1. The number of hydrogen-bond acceptors (Lipinski definition) is 6. The Morgan fingerprint density at radius 3 is 2.62 bits per heavy atom. The second kappa shape index (κ2) is 8.37. The Balaban J connectivity index is 1.24. The van der Waals surface area contributed by atoms with Crippen molar-refractivity contribution in [2.45, 2.75) is 13.8 Å². The molecular formula is C24H25N5O3. The van der Waals surface area contributed by atoms with E-state index in [0.717, 1.165) is 47.3 Å². The number of benzene rings is 1. The zero-order valence-corrected chi connectivity index (χ0v) is 18.2. The molecule has 8 nitrogen and oxygen atoms in total. The maximum atomic E-state index is 12.7. The summed E-state index contributed by atoms with van der Waals surface area (Å²) >= 11 is 0. The van der Waals surface area contributed by atoms with E-state index in [1.54, 1.807) is 12.3 Å². The molecule has 2 aromatic heterocycles. The monoisotopic (exact) mass is 431 g/mol. The molecule has 0 unspecified atom stereocenters. The average Bonchev–Trinajstić information content (AvgIpc) is 3.41. The maximum absolute atomic E-state index is 12.7. The lowest BCUT2D eigenvalue weighted by Gasteiger charge is -2.35. The zero-order chi connectivity index (χ0) is 22.1. The van der Waals surface area contributed by atoms with Crippen LogP contribution in [0.25, 0.3) is 11.9 Å². The van der Waals surface area contributed by atoms with Crippen molar-refractivity contribution in [2.75, 3.05) is 37.9 Å². The molecule has 1 amide bonds. The van der Waals surface area contributed by atoms with Gasteiger partial charge in [0.05, 0.1) is 17.1 Å². The topological polar surface area (TPSA) is 72.7 Å². The molecule has 0 bridgehead atoms. The van der Waals surface area contributed by atoms with Crippen molar-refractivity contribution in [3.63, 3.8) is 0 Å². The molecule has 1 saturated heterocycles. The van der Waals surface area contributed by atoms with Crippen LogP contribution in [0.2, 0.25) is 0 Å². The number of pyridine rings is 1. The molecule has 1 aromatic carbocycles. The largest absolute Gasteiger partial charge is 0.454 e. The van der Waals surface area contributed by atoms with Crippen molar-refractivity contribution < 1.29 is 14.3 Å². The van der Waals surface area contributed by atoms with Crippen LogP contribution in [0.5, 0.6) is 11.5 Å². The minimum Gasteiger partial charge on any atom is -0.454 e. The molecule has 2 aliphatic rings. The number of ether oxygens (including phenoxy) is 2. The summed E-state index contributed by atoms with van der Waals surface area (Å²) in [6, 6.07) is 11.5. The van der Waals surface area contributed by atoms with Gasteiger partial charge in [-0.05, 0) is 49.8 Å². The van der Waals surface area contributed by atoms with E-state index in [4.69, 9.17) is 14.6 Å². The lowest BCUT2D eigenvalue weighted by atomic mass is 10.2. The highest BCUT2D eigenvalue weighted by molar-refractivity contribution is 5.92. The number of amides is 1. The van der Waals surface area contributed by atoms with Crippen LogP contribution in [0.15, 0.2) is 48.7 Å². The van der Waals surface area contributed by atoms with E-state index in [9.17, 15) is 4.79 Å². The number of piperazine rings is 1. The first-order valence-corrected chi connectivity index (χ1v) is 10.7. The van der Waals surface area contributed by atoms with Crippen LogP contribution < -0.4 is 14.4 Å². The Bertz CT molecular complexity index is 1160. The third kappa shape index (κ3) is 3.79. The molecule has 0 N–H and O–H groups in total. The highest BCUT2D eigenvalue weighted by Gasteiger charge is 2.25. The van der Waals surface area contributed by atoms with Gasteiger partial charge in [0, 0.05) is 38.5 Å². The van der Waals surface area contributed by atoms with Gasteiger partial charge in [0.1, 0.15) is 0 Å². The molecule has 164 valence electrons. The third-order valence-corrected chi connectivity index (χ3v) is 5.84. The van der Waals surface area contributed by atoms with Gasteiger partial charge in [0.25, 0.3) is 0 Å². The summed E-state index contributed by atoms with van der Waals surface area (Å²) in [6.07, 6.45) is 5.22. The standard InChI is InChI=1S/C24H25N5O3/c1-17-24(18(2)29(26-17)22-5-3-4-10-25-22)28-13-11-27(12-14-28)23(30)9-7-19-6-8-20-21(15-19)32-16-31-20/h3-10,15H,11-14,16H2,1-2H3/b9-7+. The molecule has 5 rings (SSSR count).